The Bertz CT molecular complexity index is 927. The maximum absolute atomic E-state index is 12.9. The fraction of sp³-hybridized carbons (Fsp3) is 0.296. The van der Waals surface area contributed by atoms with Gasteiger partial charge in [-0.15, -0.1) is 0 Å². The van der Waals surface area contributed by atoms with Gasteiger partial charge < -0.3 is 14.5 Å². The van der Waals surface area contributed by atoms with Crippen molar-refractivity contribution in [2.45, 2.75) is 18.9 Å². The molecular weight excluding hydrogens is 384 g/mol. The smallest absolute Gasteiger partial charge is 0.223 e. The van der Waals surface area contributed by atoms with Crippen molar-refractivity contribution in [3.8, 4) is 5.75 Å². The Morgan fingerprint density at radius 1 is 0.871 bits per heavy atom. The summed E-state index contributed by atoms with van der Waals surface area (Å²) in [5, 5.41) is 0. The van der Waals surface area contributed by atoms with Gasteiger partial charge in [-0.05, 0) is 18.1 Å². The molecule has 4 nitrogen and oxygen atoms in total. The maximum Gasteiger partial charge on any atom is 0.223 e. The van der Waals surface area contributed by atoms with Crippen LogP contribution in [-0.4, -0.2) is 44.1 Å². The maximum atomic E-state index is 12.9. The first-order valence-electron chi connectivity index (χ1n) is 11.1. The van der Waals surface area contributed by atoms with Crippen molar-refractivity contribution in [2.75, 3.05) is 33.3 Å². The summed E-state index contributed by atoms with van der Waals surface area (Å²) in [4.78, 5) is 16.4. The molecule has 3 aromatic carbocycles. The second-order valence-electron chi connectivity index (χ2n) is 8.11. The third kappa shape index (κ3) is 5.15. The van der Waals surface area contributed by atoms with Crippen LogP contribution in [0.3, 0.4) is 0 Å². The Morgan fingerprint density at radius 3 is 2.00 bits per heavy atom. The number of methoxy groups -OCH3 is 1. The fourth-order valence-corrected chi connectivity index (χ4v) is 4.60. The molecule has 0 unspecified atom stereocenters. The van der Waals surface area contributed by atoms with Crippen LogP contribution < -0.4 is 9.64 Å². The van der Waals surface area contributed by atoms with E-state index in [-0.39, 0.29) is 5.91 Å². The van der Waals surface area contributed by atoms with Gasteiger partial charge in [0, 0.05) is 17.5 Å². The number of para-hydroxylation sites is 1. The van der Waals surface area contributed by atoms with Gasteiger partial charge in [-0.1, -0.05) is 78.9 Å². The summed E-state index contributed by atoms with van der Waals surface area (Å²) in [5.74, 6) is 1.10. The average Bonchev–Trinajstić information content (AvgIpc) is 2.84. The Morgan fingerprint density at radius 2 is 1.42 bits per heavy atom. The van der Waals surface area contributed by atoms with Crippen LogP contribution >= 0.6 is 0 Å². The van der Waals surface area contributed by atoms with E-state index in [4.69, 9.17) is 4.74 Å². The first-order valence-corrected chi connectivity index (χ1v) is 11.1. The van der Waals surface area contributed by atoms with Gasteiger partial charge in [0.15, 0.2) is 0 Å². The first-order chi connectivity index (χ1) is 15.3. The molecule has 4 heteroatoms. The molecule has 0 spiro atoms. The molecular formula is C27H31N2O2+. The number of piperazine rings is 1. The number of carbonyl (C=O) groups is 1. The lowest BCUT2D eigenvalue weighted by Crippen LogP contribution is -3.15. The molecule has 3 aromatic rings. The number of hydrogen-bond donors (Lipinski definition) is 1. The van der Waals surface area contributed by atoms with Crippen LogP contribution in [0.1, 0.15) is 29.2 Å². The van der Waals surface area contributed by atoms with Crippen LogP contribution in [0.15, 0.2) is 84.9 Å². The zero-order chi connectivity index (χ0) is 21.5. The van der Waals surface area contributed by atoms with E-state index in [9.17, 15) is 4.79 Å². The van der Waals surface area contributed by atoms with Gasteiger partial charge in [0.2, 0.25) is 5.91 Å². The van der Waals surface area contributed by atoms with Crippen molar-refractivity contribution in [1.82, 2.24) is 4.90 Å². The lowest BCUT2D eigenvalue weighted by molar-refractivity contribution is -0.929. The third-order valence-electron chi connectivity index (χ3n) is 6.23. The molecule has 1 amide bonds. The number of aryl methyl sites for hydroxylation is 1. The molecule has 1 aliphatic rings. The molecule has 0 atom stereocenters. The van der Waals surface area contributed by atoms with Gasteiger partial charge in [-0.25, -0.2) is 0 Å². The zero-order valence-corrected chi connectivity index (χ0v) is 18.2. The highest BCUT2D eigenvalue weighted by atomic mass is 16.5. The van der Waals surface area contributed by atoms with E-state index in [1.807, 2.05) is 29.2 Å². The molecule has 31 heavy (non-hydrogen) atoms. The highest BCUT2D eigenvalue weighted by molar-refractivity contribution is 5.76. The lowest BCUT2D eigenvalue weighted by Gasteiger charge is -2.37. The topological polar surface area (TPSA) is 34.0 Å². The van der Waals surface area contributed by atoms with E-state index in [1.54, 1.807) is 7.11 Å². The predicted octanol–water partition coefficient (Wildman–Crippen LogP) is 3.14. The normalized spacial score (nSPS) is 14.6. The average molecular weight is 416 g/mol. The minimum Gasteiger partial charge on any atom is -0.496 e. The van der Waals surface area contributed by atoms with Crippen LogP contribution in [0.2, 0.25) is 0 Å². The van der Waals surface area contributed by atoms with Crippen molar-refractivity contribution >= 4 is 5.91 Å². The van der Waals surface area contributed by atoms with E-state index >= 15 is 0 Å². The number of rotatable bonds is 7. The summed E-state index contributed by atoms with van der Waals surface area (Å²) in [5.41, 5.74) is 3.76. The summed E-state index contributed by atoms with van der Waals surface area (Å²) < 4.78 is 5.42. The minimum atomic E-state index is 0.237. The standard InChI is InChI=1S/C27H30N2O2/c1-31-25-15-9-8-10-22(25)16-17-26(30)28-18-20-29(21-19-28)27(23-11-4-2-5-12-23)24-13-6-3-7-14-24/h2-15,27H,16-21H2,1H3/p+1. The molecule has 0 aliphatic carbocycles. The molecule has 0 saturated carbocycles. The van der Waals surface area contributed by atoms with E-state index in [0.29, 0.717) is 18.9 Å². The van der Waals surface area contributed by atoms with Crippen LogP contribution in [0.25, 0.3) is 0 Å². The molecule has 1 fully saturated rings. The second kappa shape index (κ2) is 10.3. The summed E-state index contributed by atoms with van der Waals surface area (Å²) in [7, 11) is 1.68. The summed E-state index contributed by atoms with van der Waals surface area (Å²) in [6.45, 7) is 3.51. The first kappa shape index (κ1) is 21.1. The van der Waals surface area contributed by atoms with Gasteiger partial charge in [-0.2, -0.15) is 0 Å². The number of benzene rings is 3. The molecule has 0 aromatic heterocycles. The second-order valence-corrected chi connectivity index (χ2v) is 8.11. The number of ether oxygens (including phenoxy) is 1. The van der Waals surface area contributed by atoms with E-state index in [0.717, 1.165) is 37.5 Å². The van der Waals surface area contributed by atoms with Gasteiger partial charge in [0.05, 0.1) is 33.3 Å². The molecule has 1 N–H and O–H groups in total. The number of hydrogen-bond acceptors (Lipinski definition) is 2. The largest absolute Gasteiger partial charge is 0.496 e. The monoisotopic (exact) mass is 415 g/mol. The molecule has 4 rings (SSSR count). The lowest BCUT2D eigenvalue weighted by atomic mass is 9.96. The van der Waals surface area contributed by atoms with Crippen molar-refractivity contribution in [3.05, 3.63) is 102 Å². The predicted molar refractivity (Wildman–Crippen MR) is 123 cm³/mol. The molecule has 1 heterocycles. The van der Waals surface area contributed by atoms with E-state index < -0.39 is 0 Å². The Labute approximate surface area is 185 Å². The number of nitrogens with zero attached hydrogens (tertiary/aromatic N) is 1. The number of carbonyl (C=O) groups excluding carboxylic acids is 1. The molecule has 0 bridgehead atoms. The van der Waals surface area contributed by atoms with E-state index in [2.05, 4.69) is 60.7 Å². The Hall–Kier alpha value is -3.11. The number of quaternary nitrogens is 1. The Balaban J connectivity index is 1.39. The van der Waals surface area contributed by atoms with Crippen LogP contribution in [0.4, 0.5) is 0 Å². The number of nitrogens with one attached hydrogen (secondary N) is 1. The van der Waals surface area contributed by atoms with Crippen LogP contribution in [0.5, 0.6) is 5.75 Å². The third-order valence-corrected chi connectivity index (χ3v) is 6.23. The van der Waals surface area contributed by atoms with E-state index in [1.165, 1.54) is 16.0 Å². The van der Waals surface area contributed by atoms with Crippen LogP contribution in [-0.2, 0) is 11.2 Å². The molecule has 1 aliphatic heterocycles. The highest BCUT2D eigenvalue weighted by Crippen LogP contribution is 2.21. The summed E-state index contributed by atoms with van der Waals surface area (Å²) in [6, 6.07) is 29.7. The van der Waals surface area contributed by atoms with Gasteiger partial charge in [0.1, 0.15) is 11.8 Å². The summed E-state index contributed by atoms with van der Waals surface area (Å²) >= 11 is 0. The highest BCUT2D eigenvalue weighted by Gasteiger charge is 2.31. The van der Waals surface area contributed by atoms with Crippen molar-refractivity contribution in [1.29, 1.82) is 0 Å². The summed E-state index contributed by atoms with van der Waals surface area (Å²) in [6.07, 6.45) is 1.24. The van der Waals surface area contributed by atoms with Gasteiger partial charge in [-0.3, -0.25) is 4.79 Å². The van der Waals surface area contributed by atoms with Gasteiger partial charge in [0.25, 0.3) is 0 Å². The molecule has 1 saturated heterocycles. The van der Waals surface area contributed by atoms with Crippen molar-refractivity contribution in [2.24, 2.45) is 0 Å². The van der Waals surface area contributed by atoms with Crippen LogP contribution in [0, 0.1) is 0 Å². The van der Waals surface area contributed by atoms with Gasteiger partial charge >= 0.3 is 0 Å². The number of amides is 1. The Kier molecular flexibility index (Phi) is 7.00. The quantitative estimate of drug-likeness (QED) is 0.643. The zero-order valence-electron chi connectivity index (χ0n) is 18.2. The fourth-order valence-electron chi connectivity index (χ4n) is 4.60. The van der Waals surface area contributed by atoms with Crippen molar-refractivity contribution in [3.63, 3.8) is 0 Å². The minimum absolute atomic E-state index is 0.237. The van der Waals surface area contributed by atoms with Crippen molar-refractivity contribution < 1.29 is 14.4 Å². The molecule has 0 radical (unpaired) electrons. The SMILES string of the molecule is COc1ccccc1CCC(=O)N1CC[NH+](C(c2ccccc2)c2ccccc2)CC1. The molecule has 160 valence electrons.